The molecular weight excluding hydrogens is 246 g/mol. The van der Waals surface area contributed by atoms with Gasteiger partial charge in [0, 0.05) is 12.1 Å². The molecule has 0 bridgehead atoms. The van der Waals surface area contributed by atoms with Gasteiger partial charge in [0.2, 0.25) is 0 Å². The Morgan fingerprint density at radius 2 is 2.21 bits per heavy atom. The van der Waals surface area contributed by atoms with E-state index in [1.807, 2.05) is 26.0 Å². The molecule has 0 saturated carbocycles. The normalized spacial score (nSPS) is 10.4. The first-order chi connectivity index (χ1) is 9.10. The van der Waals surface area contributed by atoms with Gasteiger partial charge in [0.25, 0.3) is 5.69 Å². The Hall–Kier alpha value is -2.37. The van der Waals surface area contributed by atoms with Crippen LogP contribution in [0, 0.1) is 17.0 Å². The SMILES string of the molecule is CCc1cc(CNc2ccc(C)cc2[N+](=O)[O-])on1. The van der Waals surface area contributed by atoms with Crippen molar-refractivity contribution >= 4 is 11.4 Å². The smallest absolute Gasteiger partial charge is 0.292 e. The fraction of sp³-hybridized carbons (Fsp3) is 0.308. The van der Waals surface area contributed by atoms with Crippen LogP contribution in [0.25, 0.3) is 0 Å². The van der Waals surface area contributed by atoms with Crippen molar-refractivity contribution in [2.45, 2.75) is 26.8 Å². The number of aromatic nitrogens is 1. The molecule has 0 amide bonds. The first-order valence-corrected chi connectivity index (χ1v) is 6.03. The summed E-state index contributed by atoms with van der Waals surface area (Å²) in [6.07, 6.45) is 0.800. The summed E-state index contributed by atoms with van der Waals surface area (Å²) in [6, 6.07) is 6.91. The predicted octanol–water partition coefficient (Wildman–Crippen LogP) is 3.07. The third-order valence-corrected chi connectivity index (χ3v) is 2.77. The number of nitro benzene ring substituents is 1. The predicted molar refractivity (Wildman–Crippen MR) is 71.0 cm³/mol. The summed E-state index contributed by atoms with van der Waals surface area (Å²) in [4.78, 5) is 10.6. The van der Waals surface area contributed by atoms with Crippen molar-refractivity contribution in [3.05, 3.63) is 51.4 Å². The van der Waals surface area contributed by atoms with Crippen LogP contribution in [0.4, 0.5) is 11.4 Å². The second kappa shape index (κ2) is 5.51. The maximum absolute atomic E-state index is 11.0. The average molecular weight is 261 g/mol. The van der Waals surface area contributed by atoms with Crippen LogP contribution in [0.1, 0.15) is 23.9 Å². The molecule has 2 rings (SSSR count). The Morgan fingerprint density at radius 1 is 1.42 bits per heavy atom. The quantitative estimate of drug-likeness (QED) is 0.660. The number of hydrogen-bond donors (Lipinski definition) is 1. The van der Waals surface area contributed by atoms with E-state index in [9.17, 15) is 10.1 Å². The molecule has 0 aliphatic heterocycles. The van der Waals surface area contributed by atoms with Crippen molar-refractivity contribution in [2.75, 3.05) is 5.32 Å². The molecule has 0 saturated heterocycles. The Morgan fingerprint density at radius 3 is 2.84 bits per heavy atom. The van der Waals surface area contributed by atoms with Crippen molar-refractivity contribution in [1.29, 1.82) is 0 Å². The Labute approximate surface area is 110 Å². The lowest BCUT2D eigenvalue weighted by atomic mass is 10.2. The number of nitrogens with zero attached hydrogens (tertiary/aromatic N) is 2. The second-order valence-electron chi connectivity index (χ2n) is 4.27. The molecule has 0 unspecified atom stereocenters. The van der Waals surface area contributed by atoms with Gasteiger partial charge in [-0.1, -0.05) is 18.1 Å². The number of benzene rings is 1. The average Bonchev–Trinajstić information content (AvgIpc) is 2.85. The number of rotatable bonds is 5. The fourth-order valence-corrected chi connectivity index (χ4v) is 1.73. The molecule has 1 N–H and O–H groups in total. The number of aryl methyl sites for hydroxylation is 2. The van der Waals surface area contributed by atoms with Crippen LogP contribution in [0.15, 0.2) is 28.8 Å². The largest absolute Gasteiger partial charge is 0.372 e. The van der Waals surface area contributed by atoms with Gasteiger partial charge in [0.15, 0.2) is 5.76 Å². The van der Waals surface area contributed by atoms with Crippen LogP contribution in [0.5, 0.6) is 0 Å². The maximum Gasteiger partial charge on any atom is 0.292 e. The molecule has 0 aliphatic rings. The molecule has 6 heteroatoms. The molecule has 2 aromatic rings. The molecule has 100 valence electrons. The number of nitrogens with one attached hydrogen (secondary N) is 1. The third-order valence-electron chi connectivity index (χ3n) is 2.77. The number of hydrogen-bond acceptors (Lipinski definition) is 5. The van der Waals surface area contributed by atoms with E-state index in [4.69, 9.17) is 4.52 Å². The molecule has 1 heterocycles. The third kappa shape index (κ3) is 3.09. The van der Waals surface area contributed by atoms with Crippen molar-refractivity contribution in [1.82, 2.24) is 5.16 Å². The van der Waals surface area contributed by atoms with E-state index >= 15 is 0 Å². The summed E-state index contributed by atoms with van der Waals surface area (Å²) >= 11 is 0. The van der Waals surface area contributed by atoms with Crippen molar-refractivity contribution in [3.63, 3.8) is 0 Å². The number of anilines is 1. The van der Waals surface area contributed by atoms with Crippen LogP contribution >= 0.6 is 0 Å². The zero-order valence-corrected chi connectivity index (χ0v) is 10.8. The molecule has 0 atom stereocenters. The van der Waals surface area contributed by atoms with Gasteiger partial charge in [-0.3, -0.25) is 10.1 Å². The van der Waals surface area contributed by atoms with E-state index in [0.717, 1.165) is 17.7 Å². The zero-order valence-electron chi connectivity index (χ0n) is 10.8. The summed E-state index contributed by atoms with van der Waals surface area (Å²) in [6.45, 7) is 4.18. The minimum Gasteiger partial charge on any atom is -0.372 e. The monoisotopic (exact) mass is 261 g/mol. The van der Waals surface area contributed by atoms with Crippen LogP contribution in [-0.2, 0) is 13.0 Å². The van der Waals surface area contributed by atoms with E-state index in [1.165, 1.54) is 0 Å². The highest BCUT2D eigenvalue weighted by Gasteiger charge is 2.14. The summed E-state index contributed by atoms with van der Waals surface area (Å²) < 4.78 is 5.12. The van der Waals surface area contributed by atoms with Crippen molar-refractivity contribution in [2.24, 2.45) is 0 Å². The Bertz CT molecular complexity index is 593. The van der Waals surface area contributed by atoms with E-state index in [2.05, 4.69) is 10.5 Å². The van der Waals surface area contributed by atoms with Gasteiger partial charge in [0.05, 0.1) is 17.2 Å². The van der Waals surface area contributed by atoms with Gasteiger partial charge in [-0.25, -0.2) is 0 Å². The minimum absolute atomic E-state index is 0.0650. The van der Waals surface area contributed by atoms with Crippen LogP contribution in [-0.4, -0.2) is 10.1 Å². The van der Waals surface area contributed by atoms with E-state index in [-0.39, 0.29) is 5.69 Å². The lowest BCUT2D eigenvalue weighted by molar-refractivity contribution is -0.384. The standard InChI is InChI=1S/C13H15N3O3/c1-3-10-7-11(19-15-10)8-14-12-5-4-9(2)6-13(12)16(17)18/h4-7,14H,3,8H2,1-2H3. The van der Waals surface area contributed by atoms with Crippen molar-refractivity contribution < 1.29 is 9.45 Å². The van der Waals surface area contributed by atoms with Gasteiger partial charge in [-0.2, -0.15) is 0 Å². The van der Waals surface area contributed by atoms with Gasteiger partial charge < -0.3 is 9.84 Å². The molecule has 0 radical (unpaired) electrons. The highest BCUT2D eigenvalue weighted by molar-refractivity contribution is 5.62. The topological polar surface area (TPSA) is 81.2 Å². The van der Waals surface area contributed by atoms with Gasteiger partial charge in [-0.15, -0.1) is 0 Å². The molecule has 6 nitrogen and oxygen atoms in total. The summed E-state index contributed by atoms with van der Waals surface area (Å²) in [5.41, 5.74) is 2.26. The highest BCUT2D eigenvalue weighted by Crippen LogP contribution is 2.25. The Kier molecular flexibility index (Phi) is 3.79. The highest BCUT2D eigenvalue weighted by atomic mass is 16.6. The molecule has 0 fully saturated rings. The maximum atomic E-state index is 11.0. The summed E-state index contributed by atoms with van der Waals surface area (Å²) in [5.74, 6) is 0.659. The Balaban J connectivity index is 2.12. The molecule has 1 aromatic carbocycles. The lowest BCUT2D eigenvalue weighted by Gasteiger charge is -2.05. The number of nitro groups is 1. The molecule has 1 aromatic heterocycles. The minimum atomic E-state index is -0.396. The van der Waals surface area contributed by atoms with Crippen molar-refractivity contribution in [3.8, 4) is 0 Å². The molecule has 0 aliphatic carbocycles. The summed E-state index contributed by atoms with van der Waals surface area (Å²) in [7, 11) is 0. The lowest BCUT2D eigenvalue weighted by Crippen LogP contribution is -2.02. The first-order valence-electron chi connectivity index (χ1n) is 6.03. The molecule has 0 spiro atoms. The fourth-order valence-electron chi connectivity index (χ4n) is 1.73. The summed E-state index contributed by atoms with van der Waals surface area (Å²) in [5, 5.41) is 17.8. The van der Waals surface area contributed by atoms with Gasteiger partial charge >= 0.3 is 0 Å². The first kappa shape index (κ1) is 13.1. The molecule has 19 heavy (non-hydrogen) atoms. The van der Waals surface area contributed by atoms with E-state index < -0.39 is 4.92 Å². The molecular formula is C13H15N3O3. The van der Waals surface area contributed by atoms with Crippen LogP contribution < -0.4 is 5.32 Å². The van der Waals surface area contributed by atoms with Gasteiger partial charge in [-0.05, 0) is 25.0 Å². The van der Waals surface area contributed by atoms with Crippen LogP contribution in [0.3, 0.4) is 0 Å². The van der Waals surface area contributed by atoms with Crippen LogP contribution in [0.2, 0.25) is 0 Å². The van der Waals surface area contributed by atoms with E-state index in [0.29, 0.717) is 18.0 Å². The second-order valence-corrected chi connectivity index (χ2v) is 4.27. The van der Waals surface area contributed by atoms with Gasteiger partial charge in [0.1, 0.15) is 5.69 Å². The zero-order chi connectivity index (χ0) is 13.8. The van der Waals surface area contributed by atoms with E-state index in [1.54, 1.807) is 12.1 Å².